The predicted octanol–water partition coefficient (Wildman–Crippen LogP) is 3.92. The van der Waals surface area contributed by atoms with E-state index in [1.807, 2.05) is 49.4 Å². The monoisotopic (exact) mass is 397 g/mol. The second kappa shape index (κ2) is 8.75. The van der Waals surface area contributed by atoms with Crippen molar-refractivity contribution in [3.63, 3.8) is 0 Å². The van der Waals surface area contributed by atoms with E-state index in [1.165, 1.54) is 10.5 Å². The lowest BCUT2D eigenvalue weighted by Gasteiger charge is -2.22. The van der Waals surface area contributed by atoms with Gasteiger partial charge < -0.3 is 10.1 Å². The van der Waals surface area contributed by atoms with Crippen molar-refractivity contribution < 1.29 is 13.2 Å². The predicted molar refractivity (Wildman–Crippen MR) is 111 cm³/mol. The summed E-state index contributed by atoms with van der Waals surface area (Å²) in [6.45, 7) is 2.72. The average molecular weight is 398 g/mol. The third-order valence-electron chi connectivity index (χ3n) is 4.29. The van der Waals surface area contributed by atoms with Gasteiger partial charge in [0, 0.05) is 19.3 Å². The van der Waals surface area contributed by atoms with Crippen molar-refractivity contribution in [2.75, 3.05) is 23.3 Å². The van der Waals surface area contributed by atoms with Crippen LogP contribution in [0, 0.1) is 0 Å². The van der Waals surface area contributed by atoms with Crippen LogP contribution in [0.15, 0.2) is 77.8 Å². The molecule has 0 unspecified atom stereocenters. The highest BCUT2D eigenvalue weighted by molar-refractivity contribution is 7.92. The molecule has 0 aliphatic heterocycles. The highest BCUT2D eigenvalue weighted by Gasteiger charge is 2.23. The number of rotatable bonds is 8. The van der Waals surface area contributed by atoms with E-state index in [0.29, 0.717) is 24.6 Å². The lowest BCUT2D eigenvalue weighted by molar-refractivity contribution is 0.414. The van der Waals surface area contributed by atoms with Crippen molar-refractivity contribution in [1.29, 1.82) is 0 Å². The molecule has 28 heavy (non-hydrogen) atoms. The molecule has 1 N–H and O–H groups in total. The summed E-state index contributed by atoms with van der Waals surface area (Å²) in [6, 6.07) is 20.0. The first-order valence-electron chi connectivity index (χ1n) is 8.95. The van der Waals surface area contributed by atoms with Gasteiger partial charge >= 0.3 is 0 Å². The molecule has 1 heterocycles. The largest absolute Gasteiger partial charge is 0.497 e. The third kappa shape index (κ3) is 4.43. The van der Waals surface area contributed by atoms with E-state index in [1.54, 1.807) is 31.4 Å². The Morgan fingerprint density at radius 3 is 2.29 bits per heavy atom. The maximum atomic E-state index is 13.0. The first kappa shape index (κ1) is 19.7. The molecule has 146 valence electrons. The lowest BCUT2D eigenvalue weighted by Crippen LogP contribution is -2.30. The Balaban J connectivity index is 1.71. The summed E-state index contributed by atoms with van der Waals surface area (Å²) >= 11 is 0. The molecular formula is C21H23N3O3S. The van der Waals surface area contributed by atoms with Gasteiger partial charge in [-0.1, -0.05) is 30.3 Å². The van der Waals surface area contributed by atoms with Crippen LogP contribution in [0.2, 0.25) is 0 Å². The van der Waals surface area contributed by atoms with Crippen LogP contribution in [0.5, 0.6) is 5.75 Å². The molecule has 0 atom stereocenters. The smallest absolute Gasteiger partial charge is 0.265 e. The zero-order valence-electron chi connectivity index (χ0n) is 15.9. The molecule has 3 aromatic rings. The standard InChI is InChI=1S/C21H23N3O3S/c1-3-24(18-7-5-4-6-8-18)28(25,26)20-13-14-21(23-16-20)22-15-17-9-11-19(27-2)12-10-17/h4-14,16H,3,15H2,1-2H3,(H,22,23). The topological polar surface area (TPSA) is 71.5 Å². The van der Waals surface area contributed by atoms with Crippen LogP contribution in [0.1, 0.15) is 12.5 Å². The van der Waals surface area contributed by atoms with Gasteiger partial charge in [0.05, 0.1) is 12.8 Å². The van der Waals surface area contributed by atoms with Crippen LogP contribution in [0.3, 0.4) is 0 Å². The van der Waals surface area contributed by atoms with Crippen molar-refractivity contribution in [3.05, 3.63) is 78.5 Å². The van der Waals surface area contributed by atoms with Gasteiger partial charge in [-0.15, -0.1) is 0 Å². The van der Waals surface area contributed by atoms with Crippen LogP contribution in [-0.4, -0.2) is 27.1 Å². The molecule has 7 heteroatoms. The maximum Gasteiger partial charge on any atom is 0.265 e. The molecule has 0 bridgehead atoms. The van der Waals surface area contributed by atoms with E-state index < -0.39 is 10.0 Å². The Morgan fingerprint density at radius 2 is 1.71 bits per heavy atom. The molecular weight excluding hydrogens is 374 g/mol. The van der Waals surface area contributed by atoms with E-state index >= 15 is 0 Å². The van der Waals surface area contributed by atoms with Gasteiger partial charge in [0.1, 0.15) is 16.5 Å². The minimum atomic E-state index is -3.67. The molecule has 0 saturated heterocycles. The summed E-state index contributed by atoms with van der Waals surface area (Å²) in [7, 11) is -2.04. The fourth-order valence-electron chi connectivity index (χ4n) is 2.79. The average Bonchev–Trinajstić information content (AvgIpc) is 2.74. The Kier molecular flexibility index (Phi) is 6.16. The molecule has 6 nitrogen and oxygen atoms in total. The van der Waals surface area contributed by atoms with E-state index in [9.17, 15) is 8.42 Å². The van der Waals surface area contributed by atoms with E-state index in [4.69, 9.17) is 4.74 Å². The summed E-state index contributed by atoms with van der Waals surface area (Å²) in [5, 5.41) is 3.19. The number of para-hydroxylation sites is 1. The van der Waals surface area contributed by atoms with Gasteiger partial charge in [-0.3, -0.25) is 4.31 Å². The lowest BCUT2D eigenvalue weighted by atomic mass is 10.2. The second-order valence-corrected chi connectivity index (χ2v) is 7.95. The molecule has 0 aliphatic carbocycles. The number of hydrogen-bond acceptors (Lipinski definition) is 5. The van der Waals surface area contributed by atoms with Gasteiger partial charge in [-0.05, 0) is 48.9 Å². The molecule has 2 aromatic carbocycles. The van der Waals surface area contributed by atoms with Crippen molar-refractivity contribution in [3.8, 4) is 5.75 Å². The molecule has 0 fully saturated rings. The number of sulfonamides is 1. The van der Waals surface area contributed by atoms with Crippen LogP contribution < -0.4 is 14.4 Å². The molecule has 0 saturated carbocycles. The first-order valence-corrected chi connectivity index (χ1v) is 10.4. The number of methoxy groups -OCH3 is 1. The van der Waals surface area contributed by atoms with E-state index in [0.717, 1.165) is 11.3 Å². The summed E-state index contributed by atoms with van der Waals surface area (Å²) < 4.78 is 32.5. The third-order valence-corrected chi connectivity index (χ3v) is 6.17. The number of ether oxygens (including phenoxy) is 1. The molecule has 0 aliphatic rings. The Bertz CT molecular complexity index is 989. The maximum absolute atomic E-state index is 13.0. The van der Waals surface area contributed by atoms with Crippen molar-refractivity contribution in [2.24, 2.45) is 0 Å². The fourth-order valence-corrected chi connectivity index (χ4v) is 4.21. The number of aromatic nitrogens is 1. The van der Waals surface area contributed by atoms with Gasteiger partial charge in [0.25, 0.3) is 10.0 Å². The quantitative estimate of drug-likeness (QED) is 0.624. The van der Waals surface area contributed by atoms with Gasteiger partial charge in [-0.25, -0.2) is 13.4 Å². The van der Waals surface area contributed by atoms with Crippen molar-refractivity contribution in [1.82, 2.24) is 4.98 Å². The molecule has 0 amide bonds. The van der Waals surface area contributed by atoms with Crippen LogP contribution in [0.25, 0.3) is 0 Å². The van der Waals surface area contributed by atoms with E-state index in [2.05, 4.69) is 10.3 Å². The number of anilines is 2. The second-order valence-electron chi connectivity index (χ2n) is 6.09. The Labute approximate surface area is 165 Å². The number of pyridine rings is 1. The van der Waals surface area contributed by atoms with Gasteiger partial charge in [0.15, 0.2) is 0 Å². The fraction of sp³-hybridized carbons (Fsp3) is 0.190. The van der Waals surface area contributed by atoms with Crippen molar-refractivity contribution >= 4 is 21.5 Å². The Hall–Kier alpha value is -3.06. The van der Waals surface area contributed by atoms with Crippen LogP contribution >= 0.6 is 0 Å². The SMILES string of the molecule is CCN(c1ccccc1)S(=O)(=O)c1ccc(NCc2ccc(OC)cc2)nc1. The summed E-state index contributed by atoms with van der Waals surface area (Å²) in [5.74, 6) is 1.41. The summed E-state index contributed by atoms with van der Waals surface area (Å²) in [4.78, 5) is 4.42. The minimum absolute atomic E-state index is 0.160. The number of nitrogens with zero attached hydrogens (tertiary/aromatic N) is 2. The van der Waals surface area contributed by atoms with Crippen LogP contribution in [-0.2, 0) is 16.6 Å². The number of benzene rings is 2. The minimum Gasteiger partial charge on any atom is -0.497 e. The highest BCUT2D eigenvalue weighted by atomic mass is 32.2. The summed E-state index contributed by atoms with van der Waals surface area (Å²) in [6.07, 6.45) is 1.39. The number of hydrogen-bond donors (Lipinski definition) is 1. The van der Waals surface area contributed by atoms with Crippen LogP contribution in [0.4, 0.5) is 11.5 Å². The Morgan fingerprint density at radius 1 is 1.00 bits per heavy atom. The molecule has 0 radical (unpaired) electrons. The van der Waals surface area contributed by atoms with Gasteiger partial charge in [0.2, 0.25) is 0 Å². The molecule has 1 aromatic heterocycles. The highest BCUT2D eigenvalue weighted by Crippen LogP contribution is 2.23. The normalized spacial score (nSPS) is 11.1. The van der Waals surface area contributed by atoms with Gasteiger partial charge in [-0.2, -0.15) is 0 Å². The van der Waals surface area contributed by atoms with Crippen molar-refractivity contribution in [2.45, 2.75) is 18.4 Å². The molecule has 0 spiro atoms. The van der Waals surface area contributed by atoms with E-state index in [-0.39, 0.29) is 4.90 Å². The molecule has 3 rings (SSSR count). The number of nitrogens with one attached hydrogen (secondary N) is 1. The first-order chi connectivity index (χ1) is 13.5. The zero-order valence-corrected chi connectivity index (χ0v) is 16.7. The zero-order chi connectivity index (χ0) is 20.0. The summed E-state index contributed by atoms with van der Waals surface area (Å²) in [5.41, 5.74) is 1.70.